The molecule has 0 unspecified atom stereocenters. The predicted octanol–water partition coefficient (Wildman–Crippen LogP) is 2.53. The third kappa shape index (κ3) is 3.17. The number of likely N-dealkylation sites (tertiary alicyclic amines) is 1. The van der Waals surface area contributed by atoms with E-state index in [-0.39, 0.29) is 5.57 Å². The molecule has 0 amide bonds. The van der Waals surface area contributed by atoms with E-state index in [1.165, 1.54) is 18.5 Å². The van der Waals surface area contributed by atoms with Crippen molar-refractivity contribution in [1.82, 2.24) is 4.90 Å². The minimum Gasteiger partial charge on any atom is -0.462 e. The number of hydrogen-bond acceptors (Lipinski definition) is 4. The number of allylic oxidation sites excluding steroid dienone is 3. The van der Waals surface area contributed by atoms with Crippen molar-refractivity contribution in [2.75, 3.05) is 19.7 Å². The Hall–Kier alpha value is -1.76. The number of carbonyl (C=O) groups is 1. The summed E-state index contributed by atoms with van der Waals surface area (Å²) in [7, 11) is 0. The molecule has 1 heterocycles. The molecule has 2 rings (SSSR count). The van der Waals surface area contributed by atoms with Crippen LogP contribution in [0.25, 0.3) is 0 Å². The zero-order valence-corrected chi connectivity index (χ0v) is 11.4. The molecule has 1 fully saturated rings. The van der Waals surface area contributed by atoms with Crippen molar-refractivity contribution in [3.8, 4) is 6.07 Å². The van der Waals surface area contributed by atoms with Crippen LogP contribution in [0, 0.1) is 11.3 Å². The van der Waals surface area contributed by atoms with E-state index < -0.39 is 5.97 Å². The number of ether oxygens (including phenoxy) is 1. The van der Waals surface area contributed by atoms with Crippen LogP contribution in [-0.2, 0) is 9.53 Å². The van der Waals surface area contributed by atoms with E-state index in [0.29, 0.717) is 6.61 Å². The Balaban J connectivity index is 2.20. The topological polar surface area (TPSA) is 53.3 Å². The number of rotatable bonds is 4. The summed E-state index contributed by atoms with van der Waals surface area (Å²) in [5.74, 6) is -0.509. The van der Waals surface area contributed by atoms with Crippen LogP contribution in [0.2, 0.25) is 0 Å². The van der Waals surface area contributed by atoms with Crippen LogP contribution >= 0.6 is 0 Å². The van der Waals surface area contributed by atoms with Gasteiger partial charge in [-0.1, -0.05) is 0 Å². The van der Waals surface area contributed by atoms with E-state index in [9.17, 15) is 4.79 Å². The van der Waals surface area contributed by atoms with Gasteiger partial charge in [0.15, 0.2) is 0 Å². The average Bonchev–Trinajstić information content (AvgIpc) is 3.06. The molecule has 1 aliphatic carbocycles. The molecule has 4 nitrogen and oxygen atoms in total. The normalized spacial score (nSPS) is 19.8. The SMILES string of the molecule is CCOC(=O)/C(C#N)=C/C1=C(N2CCCC2)CCC1. The van der Waals surface area contributed by atoms with Gasteiger partial charge in [-0.15, -0.1) is 0 Å². The first-order valence-electron chi connectivity index (χ1n) is 7.02. The maximum atomic E-state index is 11.6. The van der Waals surface area contributed by atoms with E-state index in [1.807, 2.05) is 6.07 Å². The summed E-state index contributed by atoms with van der Waals surface area (Å²) in [6, 6.07) is 1.96. The van der Waals surface area contributed by atoms with Gasteiger partial charge in [0.05, 0.1) is 6.61 Å². The summed E-state index contributed by atoms with van der Waals surface area (Å²) in [5.41, 5.74) is 2.59. The standard InChI is InChI=1S/C15H20N2O2/c1-2-19-15(18)13(11-16)10-12-6-5-7-14(12)17-8-3-4-9-17/h10H,2-9H2,1H3/b13-10+. The van der Waals surface area contributed by atoms with E-state index in [4.69, 9.17) is 10.00 Å². The summed E-state index contributed by atoms with van der Waals surface area (Å²) < 4.78 is 4.90. The highest BCUT2D eigenvalue weighted by atomic mass is 16.5. The molecule has 1 saturated heterocycles. The first kappa shape index (κ1) is 13.7. The summed E-state index contributed by atoms with van der Waals surface area (Å²) in [5, 5.41) is 9.08. The van der Waals surface area contributed by atoms with Crippen LogP contribution in [-0.4, -0.2) is 30.6 Å². The van der Waals surface area contributed by atoms with Gasteiger partial charge in [-0.3, -0.25) is 0 Å². The molecular formula is C15H20N2O2. The molecule has 2 aliphatic rings. The van der Waals surface area contributed by atoms with Gasteiger partial charge in [0.2, 0.25) is 0 Å². The number of hydrogen-bond donors (Lipinski definition) is 0. The first-order valence-corrected chi connectivity index (χ1v) is 7.02. The zero-order valence-electron chi connectivity index (χ0n) is 11.4. The fourth-order valence-corrected chi connectivity index (χ4v) is 2.77. The molecule has 102 valence electrons. The molecule has 0 N–H and O–H groups in total. The van der Waals surface area contributed by atoms with Gasteiger partial charge in [-0.05, 0) is 50.7 Å². The van der Waals surface area contributed by atoms with Crippen molar-refractivity contribution in [3.05, 3.63) is 22.9 Å². The molecule has 0 bridgehead atoms. The van der Waals surface area contributed by atoms with E-state index in [0.717, 1.165) is 37.9 Å². The Labute approximate surface area is 114 Å². The number of carbonyl (C=O) groups excluding carboxylic acids is 1. The molecule has 0 spiro atoms. The van der Waals surface area contributed by atoms with E-state index in [2.05, 4.69) is 4.90 Å². The Morgan fingerprint density at radius 1 is 1.37 bits per heavy atom. The highest BCUT2D eigenvalue weighted by Gasteiger charge is 2.22. The summed E-state index contributed by atoms with van der Waals surface area (Å²) in [4.78, 5) is 14.0. The molecule has 0 aromatic rings. The molecule has 4 heteroatoms. The number of nitriles is 1. The third-order valence-corrected chi connectivity index (χ3v) is 3.65. The smallest absolute Gasteiger partial charge is 0.348 e. The lowest BCUT2D eigenvalue weighted by Gasteiger charge is -2.20. The minimum absolute atomic E-state index is 0.121. The Morgan fingerprint density at radius 2 is 2.11 bits per heavy atom. The third-order valence-electron chi connectivity index (χ3n) is 3.65. The van der Waals surface area contributed by atoms with Crippen LogP contribution in [0.1, 0.15) is 39.0 Å². The molecule has 19 heavy (non-hydrogen) atoms. The van der Waals surface area contributed by atoms with Crippen molar-refractivity contribution in [2.24, 2.45) is 0 Å². The Kier molecular flexibility index (Phi) is 4.62. The molecular weight excluding hydrogens is 240 g/mol. The second-order valence-corrected chi connectivity index (χ2v) is 4.91. The number of esters is 1. The van der Waals surface area contributed by atoms with Crippen molar-refractivity contribution < 1.29 is 9.53 Å². The van der Waals surface area contributed by atoms with Gasteiger partial charge in [0.1, 0.15) is 11.6 Å². The molecule has 0 radical (unpaired) electrons. The maximum absolute atomic E-state index is 11.6. The molecule has 1 aliphatic heterocycles. The van der Waals surface area contributed by atoms with Crippen LogP contribution < -0.4 is 0 Å². The highest BCUT2D eigenvalue weighted by Crippen LogP contribution is 2.32. The number of nitrogens with zero attached hydrogens (tertiary/aromatic N) is 2. The largest absolute Gasteiger partial charge is 0.462 e. The van der Waals surface area contributed by atoms with Gasteiger partial charge in [-0.25, -0.2) is 4.79 Å². The monoisotopic (exact) mass is 260 g/mol. The summed E-state index contributed by atoms with van der Waals surface area (Å²) in [6.45, 7) is 4.26. The predicted molar refractivity (Wildman–Crippen MR) is 72.0 cm³/mol. The Bertz CT molecular complexity index is 451. The quantitative estimate of drug-likeness (QED) is 0.443. The highest BCUT2D eigenvalue weighted by molar-refractivity contribution is 5.93. The average molecular weight is 260 g/mol. The van der Waals surface area contributed by atoms with Gasteiger partial charge in [-0.2, -0.15) is 5.26 Å². The van der Waals surface area contributed by atoms with Crippen LogP contribution in [0.5, 0.6) is 0 Å². The maximum Gasteiger partial charge on any atom is 0.348 e. The van der Waals surface area contributed by atoms with Crippen LogP contribution in [0.3, 0.4) is 0 Å². The molecule has 0 atom stereocenters. The van der Waals surface area contributed by atoms with Crippen molar-refractivity contribution in [1.29, 1.82) is 5.26 Å². The minimum atomic E-state index is -0.509. The van der Waals surface area contributed by atoms with Crippen LogP contribution in [0.4, 0.5) is 0 Å². The van der Waals surface area contributed by atoms with Crippen molar-refractivity contribution >= 4 is 5.97 Å². The van der Waals surface area contributed by atoms with Gasteiger partial charge < -0.3 is 9.64 Å². The molecule has 0 aromatic heterocycles. The van der Waals surface area contributed by atoms with Crippen molar-refractivity contribution in [3.63, 3.8) is 0 Å². The van der Waals surface area contributed by atoms with Gasteiger partial charge in [0, 0.05) is 18.8 Å². The van der Waals surface area contributed by atoms with E-state index >= 15 is 0 Å². The van der Waals surface area contributed by atoms with Crippen molar-refractivity contribution in [2.45, 2.75) is 39.0 Å². The van der Waals surface area contributed by atoms with E-state index in [1.54, 1.807) is 13.0 Å². The first-order chi connectivity index (χ1) is 9.26. The lowest BCUT2D eigenvalue weighted by Crippen LogP contribution is -2.18. The second kappa shape index (κ2) is 6.42. The van der Waals surface area contributed by atoms with Crippen LogP contribution in [0.15, 0.2) is 22.9 Å². The second-order valence-electron chi connectivity index (χ2n) is 4.91. The lowest BCUT2D eigenvalue weighted by molar-refractivity contribution is -0.138. The zero-order chi connectivity index (χ0) is 13.7. The van der Waals surface area contributed by atoms with Gasteiger partial charge in [0.25, 0.3) is 0 Å². The summed E-state index contributed by atoms with van der Waals surface area (Å²) in [6.07, 6.45) is 7.34. The van der Waals surface area contributed by atoms with Gasteiger partial charge >= 0.3 is 5.97 Å². The molecule has 0 saturated carbocycles. The fourth-order valence-electron chi connectivity index (χ4n) is 2.77. The fraction of sp³-hybridized carbons (Fsp3) is 0.600. The summed E-state index contributed by atoms with van der Waals surface area (Å²) >= 11 is 0. The lowest BCUT2D eigenvalue weighted by atomic mass is 10.1. The molecule has 0 aromatic carbocycles. The Morgan fingerprint density at radius 3 is 2.74 bits per heavy atom.